The fraction of sp³-hybridized carbons (Fsp3) is 0.727. The van der Waals surface area contributed by atoms with E-state index in [4.69, 9.17) is 4.98 Å². The van der Waals surface area contributed by atoms with E-state index in [9.17, 15) is 0 Å². The molecule has 0 bridgehead atoms. The highest BCUT2D eigenvalue weighted by atomic mass is 79.9. The number of halogens is 1. The second kappa shape index (κ2) is 4.93. The molecule has 0 amide bonds. The van der Waals surface area contributed by atoms with Gasteiger partial charge in [0.2, 0.25) is 0 Å². The number of alkyl halides is 1. The molecule has 1 aromatic heterocycles. The minimum atomic E-state index is 0.780. The van der Waals surface area contributed by atoms with Crippen molar-refractivity contribution < 1.29 is 0 Å². The predicted octanol–water partition coefficient (Wildman–Crippen LogP) is 3.02. The molecule has 1 aromatic rings. The zero-order valence-electron chi connectivity index (χ0n) is 9.29. The molecule has 1 saturated carbocycles. The summed E-state index contributed by atoms with van der Waals surface area (Å²) in [7, 11) is 4.22. The Morgan fingerprint density at radius 1 is 1.47 bits per heavy atom. The number of hydrogen-bond donors (Lipinski definition) is 0. The first-order valence-electron chi connectivity index (χ1n) is 5.40. The average molecular weight is 289 g/mol. The van der Waals surface area contributed by atoms with E-state index in [1.807, 2.05) is 11.3 Å². The highest BCUT2D eigenvalue weighted by Gasteiger charge is 2.29. The summed E-state index contributed by atoms with van der Waals surface area (Å²) >= 11 is 5.44. The molecular weight excluding hydrogens is 272 g/mol. The fourth-order valence-corrected chi connectivity index (χ4v) is 3.24. The summed E-state index contributed by atoms with van der Waals surface area (Å²) in [5.74, 6) is 0.780. The lowest BCUT2D eigenvalue weighted by Gasteiger charge is -2.06. The molecule has 15 heavy (non-hydrogen) atoms. The largest absolute Gasteiger partial charge is 0.309 e. The third-order valence-corrected chi connectivity index (χ3v) is 4.69. The van der Waals surface area contributed by atoms with Crippen LogP contribution < -0.4 is 0 Å². The van der Waals surface area contributed by atoms with Gasteiger partial charge in [0.25, 0.3) is 0 Å². The summed E-state index contributed by atoms with van der Waals surface area (Å²) in [4.78, 5) is 8.44. The summed E-state index contributed by atoms with van der Waals surface area (Å²) in [5, 5.41) is 2.28. The van der Waals surface area contributed by atoms with Crippen molar-refractivity contribution in [3.63, 3.8) is 0 Å². The van der Waals surface area contributed by atoms with E-state index < -0.39 is 0 Å². The van der Waals surface area contributed by atoms with Gasteiger partial charge in [-0.3, -0.25) is 0 Å². The van der Waals surface area contributed by atoms with Gasteiger partial charge in [-0.2, -0.15) is 0 Å². The standard InChI is InChI=1S/C11H17BrN2S/c1-14(2)6-5-10-13-11(8-3-4-8)9(7-12)15-10/h8H,3-7H2,1-2H3. The number of likely N-dealkylation sites (N-methyl/N-ethyl adjacent to an activating group) is 1. The Balaban J connectivity index is 2.05. The molecule has 0 radical (unpaired) electrons. The van der Waals surface area contributed by atoms with Gasteiger partial charge in [-0.05, 0) is 26.9 Å². The van der Waals surface area contributed by atoms with Crippen LogP contribution in [0.25, 0.3) is 0 Å². The highest BCUT2D eigenvalue weighted by molar-refractivity contribution is 9.08. The van der Waals surface area contributed by atoms with Gasteiger partial charge in [-0.15, -0.1) is 11.3 Å². The summed E-state index contributed by atoms with van der Waals surface area (Å²) in [6.45, 7) is 1.10. The normalized spacial score (nSPS) is 16.3. The maximum Gasteiger partial charge on any atom is 0.0944 e. The predicted molar refractivity (Wildman–Crippen MR) is 69.0 cm³/mol. The van der Waals surface area contributed by atoms with Crippen LogP contribution in [0, 0.1) is 0 Å². The van der Waals surface area contributed by atoms with Crippen molar-refractivity contribution in [3.8, 4) is 0 Å². The molecule has 84 valence electrons. The van der Waals surface area contributed by atoms with Crippen LogP contribution in [-0.2, 0) is 11.8 Å². The van der Waals surface area contributed by atoms with Crippen LogP contribution in [0.3, 0.4) is 0 Å². The van der Waals surface area contributed by atoms with E-state index in [1.165, 1.54) is 28.4 Å². The van der Waals surface area contributed by atoms with E-state index >= 15 is 0 Å². The second-order valence-corrected chi connectivity index (χ2v) is 6.11. The van der Waals surface area contributed by atoms with Crippen molar-refractivity contribution in [1.82, 2.24) is 9.88 Å². The molecule has 2 rings (SSSR count). The molecular formula is C11H17BrN2S. The monoisotopic (exact) mass is 288 g/mol. The third kappa shape index (κ3) is 3.02. The molecule has 0 aliphatic heterocycles. The van der Waals surface area contributed by atoms with Gasteiger partial charge >= 0.3 is 0 Å². The van der Waals surface area contributed by atoms with Crippen LogP contribution >= 0.6 is 27.3 Å². The molecule has 1 heterocycles. The lowest BCUT2D eigenvalue weighted by Crippen LogP contribution is -2.14. The Hall–Kier alpha value is 0.0700. The lowest BCUT2D eigenvalue weighted by molar-refractivity contribution is 0.413. The van der Waals surface area contributed by atoms with Gasteiger partial charge in [0.1, 0.15) is 0 Å². The van der Waals surface area contributed by atoms with E-state index in [0.29, 0.717) is 0 Å². The van der Waals surface area contributed by atoms with Crippen LogP contribution in [0.1, 0.15) is 34.3 Å². The maximum absolute atomic E-state index is 4.78. The highest BCUT2D eigenvalue weighted by Crippen LogP contribution is 2.43. The van der Waals surface area contributed by atoms with Gasteiger partial charge in [-0.1, -0.05) is 15.9 Å². The van der Waals surface area contributed by atoms with Crippen LogP contribution in [-0.4, -0.2) is 30.5 Å². The average Bonchev–Trinajstić information content (AvgIpc) is 2.96. The first-order chi connectivity index (χ1) is 7.20. The fourth-order valence-electron chi connectivity index (χ4n) is 1.61. The molecule has 0 aromatic carbocycles. The van der Waals surface area contributed by atoms with Crippen LogP contribution in [0.15, 0.2) is 0 Å². The second-order valence-electron chi connectivity index (χ2n) is 4.38. The number of rotatable bonds is 5. The van der Waals surface area contributed by atoms with Gasteiger partial charge in [0, 0.05) is 29.1 Å². The van der Waals surface area contributed by atoms with Gasteiger partial charge in [-0.25, -0.2) is 4.98 Å². The number of aromatic nitrogens is 1. The SMILES string of the molecule is CN(C)CCc1nc(C2CC2)c(CBr)s1. The van der Waals surface area contributed by atoms with Crippen molar-refractivity contribution in [2.45, 2.75) is 30.5 Å². The molecule has 0 unspecified atom stereocenters. The first-order valence-corrected chi connectivity index (χ1v) is 7.33. The number of thiazole rings is 1. The summed E-state index contributed by atoms with van der Waals surface area (Å²) in [6, 6.07) is 0. The molecule has 4 heteroatoms. The molecule has 0 spiro atoms. The Kier molecular flexibility index (Phi) is 3.80. The Morgan fingerprint density at radius 2 is 2.20 bits per heavy atom. The van der Waals surface area contributed by atoms with E-state index in [0.717, 1.165) is 24.2 Å². The minimum Gasteiger partial charge on any atom is -0.309 e. The molecule has 0 saturated heterocycles. The van der Waals surface area contributed by atoms with Crippen molar-refractivity contribution >= 4 is 27.3 Å². The quantitative estimate of drug-likeness (QED) is 0.775. The Labute approximate surface area is 104 Å². The van der Waals surface area contributed by atoms with E-state index in [2.05, 4.69) is 34.9 Å². The first kappa shape index (κ1) is 11.6. The maximum atomic E-state index is 4.78. The molecule has 1 aliphatic carbocycles. The number of hydrogen-bond acceptors (Lipinski definition) is 3. The van der Waals surface area contributed by atoms with Crippen molar-refractivity contribution in [3.05, 3.63) is 15.6 Å². The Bertz CT molecular complexity index is 331. The Morgan fingerprint density at radius 3 is 2.73 bits per heavy atom. The number of nitrogens with zero attached hydrogens (tertiary/aromatic N) is 2. The molecule has 0 atom stereocenters. The molecule has 0 N–H and O–H groups in total. The lowest BCUT2D eigenvalue weighted by atomic mass is 10.3. The molecule has 1 aliphatic rings. The summed E-state index contributed by atoms with van der Waals surface area (Å²) in [6.07, 6.45) is 3.78. The zero-order valence-corrected chi connectivity index (χ0v) is 11.7. The van der Waals surface area contributed by atoms with Gasteiger partial charge in [0.15, 0.2) is 0 Å². The summed E-state index contributed by atoms with van der Waals surface area (Å²) in [5.41, 5.74) is 1.38. The van der Waals surface area contributed by atoms with E-state index in [1.54, 1.807) is 0 Å². The van der Waals surface area contributed by atoms with E-state index in [-0.39, 0.29) is 0 Å². The zero-order chi connectivity index (χ0) is 10.8. The van der Waals surface area contributed by atoms with Crippen molar-refractivity contribution in [2.24, 2.45) is 0 Å². The van der Waals surface area contributed by atoms with Crippen LogP contribution in [0.5, 0.6) is 0 Å². The van der Waals surface area contributed by atoms with Gasteiger partial charge < -0.3 is 4.90 Å². The van der Waals surface area contributed by atoms with Crippen LogP contribution in [0.4, 0.5) is 0 Å². The van der Waals surface area contributed by atoms with Crippen LogP contribution in [0.2, 0.25) is 0 Å². The molecule has 1 fully saturated rings. The third-order valence-electron chi connectivity index (χ3n) is 2.63. The molecule has 2 nitrogen and oxygen atoms in total. The smallest absolute Gasteiger partial charge is 0.0944 e. The van der Waals surface area contributed by atoms with Crippen molar-refractivity contribution in [2.75, 3.05) is 20.6 Å². The summed E-state index contributed by atoms with van der Waals surface area (Å²) < 4.78 is 0. The van der Waals surface area contributed by atoms with Crippen molar-refractivity contribution in [1.29, 1.82) is 0 Å². The topological polar surface area (TPSA) is 16.1 Å². The van der Waals surface area contributed by atoms with Gasteiger partial charge in [0.05, 0.1) is 10.7 Å². The minimum absolute atomic E-state index is 0.780.